The van der Waals surface area contributed by atoms with Gasteiger partial charge in [-0.15, -0.1) is 0 Å². The molecular formula is C16H28N2O5. The third-order valence-corrected chi connectivity index (χ3v) is 4.39. The van der Waals surface area contributed by atoms with Crippen LogP contribution in [0, 0.1) is 0 Å². The van der Waals surface area contributed by atoms with Gasteiger partial charge in [0, 0.05) is 19.5 Å². The normalized spacial score (nSPS) is 31.7. The van der Waals surface area contributed by atoms with Crippen molar-refractivity contribution in [3.8, 4) is 0 Å². The molecule has 2 rings (SSSR count). The van der Waals surface area contributed by atoms with Gasteiger partial charge in [-0.3, -0.25) is 9.59 Å². The van der Waals surface area contributed by atoms with Crippen molar-refractivity contribution >= 4 is 11.8 Å². The van der Waals surface area contributed by atoms with E-state index in [0.29, 0.717) is 26.0 Å². The van der Waals surface area contributed by atoms with Crippen molar-refractivity contribution in [3.05, 3.63) is 0 Å². The van der Waals surface area contributed by atoms with Crippen molar-refractivity contribution in [2.45, 2.75) is 63.9 Å². The van der Waals surface area contributed by atoms with E-state index in [9.17, 15) is 14.7 Å². The molecule has 2 N–H and O–H groups in total. The van der Waals surface area contributed by atoms with Crippen LogP contribution < -0.4 is 5.32 Å². The quantitative estimate of drug-likeness (QED) is 0.762. The van der Waals surface area contributed by atoms with Crippen molar-refractivity contribution in [1.29, 1.82) is 0 Å². The zero-order valence-electron chi connectivity index (χ0n) is 14.0. The number of aliphatic hydroxyl groups excluding tert-OH is 1. The summed E-state index contributed by atoms with van der Waals surface area (Å²) in [5.74, 6) is 0.00588. The molecule has 2 aliphatic rings. The van der Waals surface area contributed by atoms with E-state index in [1.54, 1.807) is 4.90 Å². The Kier molecular flexibility index (Phi) is 6.80. The van der Waals surface area contributed by atoms with Crippen LogP contribution in [0.25, 0.3) is 0 Å². The van der Waals surface area contributed by atoms with E-state index in [1.165, 1.54) is 0 Å². The van der Waals surface area contributed by atoms with E-state index in [0.717, 1.165) is 12.8 Å². The van der Waals surface area contributed by atoms with Crippen molar-refractivity contribution < 1.29 is 24.2 Å². The number of β-amino-alcohol motifs (C(OH)–C–C–N with tert-alkyl or cyclic N) is 1. The molecule has 0 bridgehead atoms. The number of hydrogen-bond donors (Lipinski definition) is 2. The van der Waals surface area contributed by atoms with Gasteiger partial charge in [-0.2, -0.15) is 0 Å². The zero-order valence-corrected chi connectivity index (χ0v) is 14.0. The van der Waals surface area contributed by atoms with Crippen molar-refractivity contribution in [2.75, 3.05) is 26.3 Å². The Labute approximate surface area is 137 Å². The van der Waals surface area contributed by atoms with Gasteiger partial charge in [0.25, 0.3) is 0 Å². The Balaban J connectivity index is 2.02. The minimum Gasteiger partial charge on any atom is -0.389 e. The summed E-state index contributed by atoms with van der Waals surface area (Å²) in [5.41, 5.74) is 0. The van der Waals surface area contributed by atoms with E-state index in [1.807, 2.05) is 13.8 Å². The van der Waals surface area contributed by atoms with Gasteiger partial charge in [-0.05, 0) is 19.8 Å². The fraction of sp³-hybridized carbons (Fsp3) is 0.875. The molecule has 0 aromatic heterocycles. The van der Waals surface area contributed by atoms with Crippen LogP contribution in [0.15, 0.2) is 0 Å². The second kappa shape index (κ2) is 8.61. The maximum atomic E-state index is 12.2. The fourth-order valence-electron chi connectivity index (χ4n) is 3.31. The fourth-order valence-corrected chi connectivity index (χ4v) is 3.31. The Bertz CT molecular complexity index is 417. The Hall–Kier alpha value is -1.18. The van der Waals surface area contributed by atoms with E-state index in [-0.39, 0.29) is 43.2 Å². The monoisotopic (exact) mass is 328 g/mol. The number of nitrogens with zero attached hydrogens (tertiary/aromatic N) is 1. The molecule has 0 saturated carbocycles. The van der Waals surface area contributed by atoms with Crippen LogP contribution >= 0.6 is 0 Å². The first kappa shape index (κ1) is 18.2. The summed E-state index contributed by atoms with van der Waals surface area (Å²) in [5, 5.41) is 12.7. The second-order valence-corrected chi connectivity index (χ2v) is 6.19. The first-order valence-electron chi connectivity index (χ1n) is 8.52. The highest BCUT2D eigenvalue weighted by Crippen LogP contribution is 2.28. The van der Waals surface area contributed by atoms with Crippen LogP contribution in [-0.2, 0) is 19.1 Å². The molecule has 0 aromatic carbocycles. The van der Waals surface area contributed by atoms with Gasteiger partial charge in [0.15, 0.2) is 0 Å². The predicted octanol–water partition coefficient (Wildman–Crippen LogP) is 0.0585. The number of rotatable bonds is 4. The minimum atomic E-state index is -0.667. The predicted molar refractivity (Wildman–Crippen MR) is 83.8 cm³/mol. The smallest absolute Gasteiger partial charge is 0.222 e. The molecule has 0 aromatic rings. The molecule has 23 heavy (non-hydrogen) atoms. The summed E-state index contributed by atoms with van der Waals surface area (Å²) in [7, 11) is 0. The van der Waals surface area contributed by atoms with E-state index >= 15 is 0 Å². The third kappa shape index (κ3) is 4.89. The van der Waals surface area contributed by atoms with E-state index in [2.05, 4.69) is 5.32 Å². The molecule has 0 spiro atoms. The molecule has 0 aliphatic carbocycles. The first-order chi connectivity index (χ1) is 11.0. The van der Waals surface area contributed by atoms with Gasteiger partial charge in [-0.1, -0.05) is 6.92 Å². The molecule has 4 atom stereocenters. The van der Waals surface area contributed by atoms with Crippen molar-refractivity contribution in [3.63, 3.8) is 0 Å². The topological polar surface area (TPSA) is 88.1 Å². The molecule has 2 aliphatic heterocycles. The number of carbonyl (C=O) groups excluding carboxylic acids is 2. The molecule has 2 heterocycles. The van der Waals surface area contributed by atoms with Crippen LogP contribution in [0.4, 0.5) is 0 Å². The molecule has 132 valence electrons. The molecule has 0 unspecified atom stereocenters. The van der Waals surface area contributed by atoms with Gasteiger partial charge in [0.1, 0.15) is 6.10 Å². The lowest BCUT2D eigenvalue weighted by Gasteiger charge is -2.44. The highest BCUT2D eigenvalue weighted by Gasteiger charge is 2.39. The lowest BCUT2D eigenvalue weighted by molar-refractivity contribution is -0.169. The summed E-state index contributed by atoms with van der Waals surface area (Å²) in [6.45, 7) is 5.12. The number of aliphatic hydroxyl groups is 1. The molecule has 2 saturated heterocycles. The van der Waals surface area contributed by atoms with Gasteiger partial charge in [0.2, 0.25) is 11.8 Å². The van der Waals surface area contributed by atoms with Gasteiger partial charge in [0.05, 0.1) is 37.9 Å². The van der Waals surface area contributed by atoms with Gasteiger partial charge < -0.3 is 24.8 Å². The molecular weight excluding hydrogens is 300 g/mol. The van der Waals surface area contributed by atoms with Crippen molar-refractivity contribution in [1.82, 2.24) is 10.2 Å². The largest absolute Gasteiger partial charge is 0.389 e. The number of hydrogen-bond acceptors (Lipinski definition) is 5. The minimum absolute atomic E-state index is 0.0142. The average molecular weight is 328 g/mol. The van der Waals surface area contributed by atoms with Crippen LogP contribution in [-0.4, -0.2) is 72.5 Å². The molecule has 7 heteroatoms. The van der Waals surface area contributed by atoms with Gasteiger partial charge >= 0.3 is 0 Å². The number of fused-ring (bicyclic) bond motifs is 1. The summed E-state index contributed by atoms with van der Waals surface area (Å²) in [6.07, 6.45) is 1.17. The standard InChI is InChI=1S/C16H28N2O5/c1-3-16(21)18-8-11(19)9-22-10-14-13(18)6-5-12(23-14)7-15(20)17-4-2/h11-14,19H,3-10H2,1-2H3,(H,17,20)/t11-,12-,13+,14-/m1/s1. The maximum absolute atomic E-state index is 12.2. The molecule has 7 nitrogen and oxygen atoms in total. The molecule has 2 fully saturated rings. The summed E-state index contributed by atoms with van der Waals surface area (Å²) in [6, 6.07) is -0.0945. The first-order valence-corrected chi connectivity index (χ1v) is 8.52. The lowest BCUT2D eigenvalue weighted by Crippen LogP contribution is -2.57. The van der Waals surface area contributed by atoms with Crippen LogP contribution in [0.3, 0.4) is 0 Å². The summed E-state index contributed by atoms with van der Waals surface area (Å²) < 4.78 is 11.5. The zero-order chi connectivity index (χ0) is 16.8. The summed E-state index contributed by atoms with van der Waals surface area (Å²) in [4.78, 5) is 25.7. The Morgan fingerprint density at radius 2 is 2.04 bits per heavy atom. The highest BCUT2D eigenvalue weighted by atomic mass is 16.5. The Morgan fingerprint density at radius 3 is 2.74 bits per heavy atom. The molecule has 0 radical (unpaired) electrons. The number of nitrogens with one attached hydrogen (secondary N) is 1. The van der Waals surface area contributed by atoms with E-state index < -0.39 is 6.10 Å². The second-order valence-electron chi connectivity index (χ2n) is 6.19. The lowest BCUT2D eigenvalue weighted by atomic mass is 9.94. The maximum Gasteiger partial charge on any atom is 0.222 e. The van der Waals surface area contributed by atoms with Crippen LogP contribution in [0.5, 0.6) is 0 Å². The Morgan fingerprint density at radius 1 is 1.26 bits per heavy atom. The van der Waals surface area contributed by atoms with Gasteiger partial charge in [-0.25, -0.2) is 0 Å². The number of ether oxygens (including phenoxy) is 2. The van der Waals surface area contributed by atoms with E-state index in [4.69, 9.17) is 9.47 Å². The highest BCUT2D eigenvalue weighted by molar-refractivity contribution is 5.77. The number of amides is 2. The SMILES string of the molecule is CCNC(=O)C[C@H]1CC[C@H]2[C@@H](COC[C@H](O)CN2C(=O)CC)O1. The van der Waals surface area contributed by atoms with Crippen LogP contribution in [0.1, 0.15) is 39.5 Å². The number of carbonyl (C=O) groups is 2. The average Bonchev–Trinajstić information content (AvgIpc) is 2.51. The summed E-state index contributed by atoms with van der Waals surface area (Å²) >= 11 is 0. The van der Waals surface area contributed by atoms with Crippen molar-refractivity contribution in [2.24, 2.45) is 0 Å². The van der Waals surface area contributed by atoms with Crippen LogP contribution in [0.2, 0.25) is 0 Å². The third-order valence-electron chi connectivity index (χ3n) is 4.39. The molecule has 2 amide bonds.